The summed E-state index contributed by atoms with van der Waals surface area (Å²) in [5, 5.41) is 12.6. The van der Waals surface area contributed by atoms with E-state index >= 15 is 0 Å². The third-order valence-electron chi connectivity index (χ3n) is 3.51. The number of nitrogens with one attached hydrogen (secondary N) is 1. The maximum Gasteiger partial charge on any atom is 0.336 e. The van der Waals surface area contributed by atoms with Crippen LogP contribution in [0.1, 0.15) is 17.3 Å². The first-order valence-electron chi connectivity index (χ1n) is 7.05. The molecule has 0 bridgehead atoms. The zero-order valence-corrected chi connectivity index (χ0v) is 12.4. The van der Waals surface area contributed by atoms with Crippen molar-refractivity contribution in [3.63, 3.8) is 0 Å². The first kappa shape index (κ1) is 14.7. The van der Waals surface area contributed by atoms with Crippen LogP contribution in [0, 0.1) is 0 Å². The number of carboxylic acid groups (broad SMARTS) is 1. The lowest BCUT2D eigenvalue weighted by atomic mass is 10.0. The summed E-state index contributed by atoms with van der Waals surface area (Å²) >= 11 is 0. The lowest BCUT2D eigenvalue weighted by Crippen LogP contribution is -2.05. The first-order chi connectivity index (χ1) is 11.0. The van der Waals surface area contributed by atoms with Gasteiger partial charge in [0.05, 0.1) is 11.1 Å². The van der Waals surface area contributed by atoms with Crippen LogP contribution in [0.2, 0.25) is 0 Å². The molecule has 1 amide bonds. The van der Waals surface area contributed by atoms with E-state index in [1.54, 1.807) is 6.07 Å². The molecule has 5 heteroatoms. The third-order valence-corrected chi connectivity index (χ3v) is 3.51. The highest BCUT2D eigenvalue weighted by molar-refractivity contribution is 6.03. The van der Waals surface area contributed by atoms with Gasteiger partial charge in [-0.05, 0) is 41.5 Å². The molecule has 5 nitrogen and oxygen atoms in total. The molecular weight excluding hydrogens is 292 g/mol. The second-order valence-electron chi connectivity index (χ2n) is 5.15. The van der Waals surface area contributed by atoms with Crippen LogP contribution in [0.15, 0.2) is 54.7 Å². The molecule has 0 aliphatic heterocycles. The Morgan fingerprint density at radius 3 is 2.35 bits per heavy atom. The van der Waals surface area contributed by atoms with Crippen molar-refractivity contribution in [3.8, 4) is 11.1 Å². The highest BCUT2D eigenvalue weighted by Gasteiger charge is 2.10. The van der Waals surface area contributed by atoms with Gasteiger partial charge in [-0.3, -0.25) is 9.78 Å². The number of hydrogen-bond donors (Lipinski definition) is 2. The number of amides is 1. The molecule has 0 saturated heterocycles. The number of aromatic nitrogens is 1. The topological polar surface area (TPSA) is 79.3 Å². The highest BCUT2D eigenvalue weighted by atomic mass is 16.4. The molecular formula is C18H14N2O3. The van der Waals surface area contributed by atoms with E-state index in [0.29, 0.717) is 10.9 Å². The molecule has 3 aromatic rings. The normalized spacial score (nSPS) is 10.5. The van der Waals surface area contributed by atoms with E-state index in [9.17, 15) is 14.7 Å². The molecule has 1 aromatic heterocycles. The Hall–Kier alpha value is -3.21. The minimum atomic E-state index is -0.976. The number of aromatic carboxylic acids is 1. The standard InChI is InChI=1S/C18H14N2O3/c1-11(21)20-14-5-2-12(3-6-14)13-4-7-17-16(10-13)15(18(22)23)8-9-19-17/h2-10H,1H3,(H,20,21)(H,22,23). The molecule has 0 aliphatic carbocycles. The summed E-state index contributed by atoms with van der Waals surface area (Å²) in [6, 6.07) is 14.4. The van der Waals surface area contributed by atoms with E-state index in [2.05, 4.69) is 10.3 Å². The third kappa shape index (κ3) is 3.03. The van der Waals surface area contributed by atoms with Crippen molar-refractivity contribution in [2.45, 2.75) is 6.92 Å². The number of carboxylic acids is 1. The molecule has 0 atom stereocenters. The van der Waals surface area contributed by atoms with E-state index in [1.165, 1.54) is 19.2 Å². The average molecular weight is 306 g/mol. The van der Waals surface area contributed by atoms with Gasteiger partial charge < -0.3 is 10.4 Å². The minimum absolute atomic E-state index is 0.124. The summed E-state index contributed by atoms with van der Waals surface area (Å²) in [6.07, 6.45) is 1.49. The van der Waals surface area contributed by atoms with Gasteiger partial charge in [0, 0.05) is 24.2 Å². The summed E-state index contributed by atoms with van der Waals surface area (Å²) in [7, 11) is 0. The Kier molecular flexibility index (Phi) is 3.76. The van der Waals surface area contributed by atoms with E-state index in [-0.39, 0.29) is 11.5 Å². The lowest BCUT2D eigenvalue weighted by Gasteiger charge is -2.07. The van der Waals surface area contributed by atoms with Crippen LogP contribution >= 0.6 is 0 Å². The van der Waals surface area contributed by atoms with Crippen molar-refractivity contribution >= 4 is 28.5 Å². The van der Waals surface area contributed by atoms with Crippen molar-refractivity contribution in [1.29, 1.82) is 0 Å². The molecule has 114 valence electrons. The van der Waals surface area contributed by atoms with E-state index in [4.69, 9.17) is 0 Å². The Morgan fingerprint density at radius 2 is 1.70 bits per heavy atom. The molecule has 2 aromatic carbocycles. The van der Waals surface area contributed by atoms with E-state index in [1.807, 2.05) is 36.4 Å². The van der Waals surface area contributed by atoms with Gasteiger partial charge in [0.25, 0.3) is 0 Å². The smallest absolute Gasteiger partial charge is 0.336 e. The van der Waals surface area contributed by atoms with E-state index in [0.717, 1.165) is 16.8 Å². The van der Waals surface area contributed by atoms with Gasteiger partial charge in [0.1, 0.15) is 0 Å². The fourth-order valence-corrected chi connectivity index (χ4v) is 2.46. The summed E-state index contributed by atoms with van der Waals surface area (Å²) in [5.74, 6) is -1.10. The summed E-state index contributed by atoms with van der Waals surface area (Å²) < 4.78 is 0. The molecule has 0 aliphatic rings. The number of nitrogens with zero attached hydrogens (tertiary/aromatic N) is 1. The van der Waals surface area contributed by atoms with Crippen molar-refractivity contribution in [2.24, 2.45) is 0 Å². The molecule has 23 heavy (non-hydrogen) atoms. The van der Waals surface area contributed by atoms with Crippen LogP contribution in [0.5, 0.6) is 0 Å². The average Bonchev–Trinajstić information content (AvgIpc) is 2.54. The summed E-state index contributed by atoms with van der Waals surface area (Å²) in [6.45, 7) is 1.46. The quantitative estimate of drug-likeness (QED) is 0.775. The number of carbonyl (C=O) groups excluding carboxylic acids is 1. The van der Waals surface area contributed by atoms with Gasteiger partial charge in [0.15, 0.2) is 0 Å². The van der Waals surface area contributed by atoms with Crippen LogP contribution in [-0.2, 0) is 4.79 Å². The van der Waals surface area contributed by atoms with Gasteiger partial charge in [-0.25, -0.2) is 4.79 Å². The highest BCUT2D eigenvalue weighted by Crippen LogP contribution is 2.26. The predicted octanol–water partition coefficient (Wildman–Crippen LogP) is 3.56. The minimum Gasteiger partial charge on any atom is -0.478 e. The van der Waals surface area contributed by atoms with Crippen LogP contribution in [0.3, 0.4) is 0 Å². The zero-order chi connectivity index (χ0) is 16.4. The maximum absolute atomic E-state index is 11.3. The number of carbonyl (C=O) groups is 2. The summed E-state index contributed by atoms with van der Waals surface area (Å²) in [4.78, 5) is 26.6. The van der Waals surface area contributed by atoms with Gasteiger partial charge in [-0.1, -0.05) is 18.2 Å². The second kappa shape index (κ2) is 5.88. The second-order valence-corrected chi connectivity index (χ2v) is 5.15. The van der Waals surface area contributed by atoms with Gasteiger partial charge >= 0.3 is 5.97 Å². The Morgan fingerprint density at radius 1 is 1.00 bits per heavy atom. The van der Waals surface area contributed by atoms with Gasteiger partial charge in [-0.15, -0.1) is 0 Å². The number of anilines is 1. The van der Waals surface area contributed by atoms with E-state index < -0.39 is 5.97 Å². The molecule has 0 unspecified atom stereocenters. The molecule has 0 spiro atoms. The Balaban J connectivity index is 2.04. The van der Waals surface area contributed by atoms with Gasteiger partial charge in [0.2, 0.25) is 5.91 Å². The monoisotopic (exact) mass is 306 g/mol. The Bertz CT molecular complexity index is 902. The van der Waals surface area contributed by atoms with Crippen LogP contribution < -0.4 is 5.32 Å². The molecule has 1 heterocycles. The predicted molar refractivity (Wildman–Crippen MR) is 88.4 cm³/mol. The van der Waals surface area contributed by atoms with Crippen molar-refractivity contribution < 1.29 is 14.7 Å². The number of benzene rings is 2. The zero-order valence-electron chi connectivity index (χ0n) is 12.4. The maximum atomic E-state index is 11.3. The fourth-order valence-electron chi connectivity index (χ4n) is 2.46. The lowest BCUT2D eigenvalue weighted by molar-refractivity contribution is -0.114. The molecule has 3 rings (SSSR count). The number of fused-ring (bicyclic) bond motifs is 1. The molecule has 0 fully saturated rings. The first-order valence-corrected chi connectivity index (χ1v) is 7.05. The number of rotatable bonds is 3. The van der Waals surface area contributed by atoms with Crippen LogP contribution in [0.4, 0.5) is 5.69 Å². The molecule has 2 N–H and O–H groups in total. The van der Waals surface area contributed by atoms with Crippen LogP contribution in [0.25, 0.3) is 22.0 Å². The molecule has 0 saturated carbocycles. The van der Waals surface area contributed by atoms with Crippen molar-refractivity contribution in [3.05, 3.63) is 60.3 Å². The fraction of sp³-hybridized carbons (Fsp3) is 0.0556. The Labute approximate surface area is 132 Å². The molecule has 0 radical (unpaired) electrons. The SMILES string of the molecule is CC(=O)Nc1ccc(-c2ccc3nccc(C(=O)O)c3c2)cc1. The number of pyridine rings is 1. The van der Waals surface area contributed by atoms with Crippen LogP contribution in [-0.4, -0.2) is 22.0 Å². The van der Waals surface area contributed by atoms with Crippen molar-refractivity contribution in [1.82, 2.24) is 4.98 Å². The van der Waals surface area contributed by atoms with Gasteiger partial charge in [-0.2, -0.15) is 0 Å². The van der Waals surface area contributed by atoms with Crippen molar-refractivity contribution in [2.75, 3.05) is 5.32 Å². The number of hydrogen-bond acceptors (Lipinski definition) is 3. The largest absolute Gasteiger partial charge is 0.478 e. The summed E-state index contributed by atoms with van der Waals surface area (Å²) in [5.41, 5.74) is 3.41.